The first-order valence-corrected chi connectivity index (χ1v) is 19.0. The average molecular weight is 715 g/mol. The molecule has 4 nitrogen and oxygen atoms in total. The lowest BCUT2D eigenvalue weighted by Gasteiger charge is -2.15. The van der Waals surface area contributed by atoms with Crippen LogP contribution >= 0.6 is 0 Å². The highest BCUT2D eigenvalue weighted by Crippen LogP contribution is 2.39. The van der Waals surface area contributed by atoms with Crippen molar-refractivity contribution in [1.29, 1.82) is 0 Å². The van der Waals surface area contributed by atoms with Crippen LogP contribution in [0, 0.1) is 6.92 Å². The normalized spacial score (nSPS) is 11.7. The van der Waals surface area contributed by atoms with Gasteiger partial charge in [-0.3, -0.25) is 4.57 Å². The largest absolute Gasteiger partial charge is 0.292 e. The maximum absolute atomic E-state index is 5.38. The molecule has 2 heterocycles. The molecule has 0 bridgehead atoms. The van der Waals surface area contributed by atoms with Crippen LogP contribution in [0.15, 0.2) is 188 Å². The minimum absolute atomic E-state index is 0.674. The van der Waals surface area contributed by atoms with Gasteiger partial charge in [0.2, 0.25) is 0 Å². The Morgan fingerprint density at radius 2 is 0.875 bits per heavy atom. The molecule has 9 aromatic carbocycles. The van der Waals surface area contributed by atoms with Crippen LogP contribution in [0.2, 0.25) is 0 Å². The van der Waals surface area contributed by atoms with Gasteiger partial charge in [0, 0.05) is 27.9 Å². The number of fused-ring (bicyclic) bond motifs is 7. The second-order valence-electron chi connectivity index (χ2n) is 14.5. The molecule has 0 saturated carbocycles. The number of hydrogen-bond acceptors (Lipinski definition) is 3. The summed E-state index contributed by atoms with van der Waals surface area (Å²) in [5.74, 6) is 1.58. The maximum atomic E-state index is 5.38. The standard InChI is InChI=1S/C52H34N4/c1-33-22-24-35(25-23-33)52-55-47-20-10-11-21-50(47)56(52)38-28-26-34(27-29-38)51-53-48(45-30-36-12-2-4-14-39(36)41-16-6-8-18-43(41)45)32-49(54-51)46-31-37-13-3-5-15-40(37)42-17-7-9-19-44(42)46/h2-32H,1H3. The molecule has 0 radical (unpaired) electrons. The first kappa shape index (κ1) is 32.0. The Hall–Kier alpha value is -7.43. The first-order valence-electron chi connectivity index (χ1n) is 19.0. The van der Waals surface area contributed by atoms with Gasteiger partial charge in [-0.2, -0.15) is 0 Å². The number of hydrogen-bond donors (Lipinski definition) is 0. The zero-order valence-electron chi connectivity index (χ0n) is 30.7. The molecule has 0 spiro atoms. The number of nitrogens with zero attached hydrogens (tertiary/aromatic N) is 4. The Morgan fingerprint density at radius 3 is 1.46 bits per heavy atom. The maximum Gasteiger partial charge on any atom is 0.160 e. The lowest BCUT2D eigenvalue weighted by Crippen LogP contribution is -1.99. The van der Waals surface area contributed by atoms with E-state index < -0.39 is 0 Å². The Kier molecular flexibility index (Phi) is 7.36. The van der Waals surface area contributed by atoms with Crippen molar-refractivity contribution in [2.75, 3.05) is 0 Å². The molecule has 0 fully saturated rings. The zero-order valence-corrected chi connectivity index (χ0v) is 30.7. The molecule has 11 rings (SSSR count). The number of benzene rings is 9. The minimum Gasteiger partial charge on any atom is -0.292 e. The fourth-order valence-corrected chi connectivity index (χ4v) is 8.33. The summed E-state index contributed by atoms with van der Waals surface area (Å²) < 4.78 is 2.24. The van der Waals surface area contributed by atoms with Crippen LogP contribution in [0.25, 0.3) is 105 Å². The van der Waals surface area contributed by atoms with Crippen LogP contribution in [0.5, 0.6) is 0 Å². The van der Waals surface area contributed by atoms with E-state index >= 15 is 0 Å². The highest BCUT2D eigenvalue weighted by Gasteiger charge is 2.18. The van der Waals surface area contributed by atoms with Gasteiger partial charge < -0.3 is 0 Å². The monoisotopic (exact) mass is 714 g/mol. The third kappa shape index (κ3) is 5.26. The van der Waals surface area contributed by atoms with E-state index in [0.29, 0.717) is 5.82 Å². The van der Waals surface area contributed by atoms with Crippen LogP contribution in [0.1, 0.15) is 5.56 Å². The molecule has 4 heteroatoms. The number of imidazole rings is 1. The molecule has 262 valence electrons. The van der Waals surface area contributed by atoms with E-state index in [4.69, 9.17) is 15.0 Å². The van der Waals surface area contributed by atoms with Crippen LogP contribution in [-0.2, 0) is 0 Å². The fraction of sp³-hybridized carbons (Fsp3) is 0.0192. The molecule has 56 heavy (non-hydrogen) atoms. The summed E-state index contributed by atoms with van der Waals surface area (Å²) in [7, 11) is 0. The first-order chi connectivity index (χ1) is 27.7. The number of aromatic nitrogens is 4. The SMILES string of the molecule is Cc1ccc(-c2nc3ccccc3n2-c2ccc(-c3nc(-c4cc5ccccc5c5ccccc45)cc(-c4cc5ccccc5c5ccccc45)n3)cc2)cc1. The van der Waals surface area contributed by atoms with E-state index in [0.717, 1.165) is 67.0 Å². The van der Waals surface area contributed by atoms with Gasteiger partial charge in [-0.1, -0.05) is 139 Å². The second-order valence-corrected chi connectivity index (χ2v) is 14.5. The molecular weight excluding hydrogens is 681 g/mol. The molecule has 0 aliphatic rings. The highest BCUT2D eigenvalue weighted by molar-refractivity contribution is 6.15. The lowest BCUT2D eigenvalue weighted by molar-refractivity contribution is 1.10. The minimum atomic E-state index is 0.674. The molecule has 0 N–H and O–H groups in total. The summed E-state index contributed by atoms with van der Waals surface area (Å²) in [4.78, 5) is 15.9. The van der Waals surface area contributed by atoms with Crippen molar-refractivity contribution in [2.45, 2.75) is 6.92 Å². The van der Waals surface area contributed by atoms with Gasteiger partial charge in [0.1, 0.15) is 5.82 Å². The van der Waals surface area contributed by atoms with Gasteiger partial charge in [0.25, 0.3) is 0 Å². The summed E-state index contributed by atoms with van der Waals surface area (Å²) >= 11 is 0. The third-order valence-corrected chi connectivity index (χ3v) is 11.1. The van der Waals surface area contributed by atoms with Gasteiger partial charge in [-0.05, 0) is 105 Å². The molecule has 0 aliphatic heterocycles. The van der Waals surface area contributed by atoms with Crippen LogP contribution in [0.3, 0.4) is 0 Å². The molecule has 0 amide bonds. The molecular formula is C52H34N4. The summed E-state index contributed by atoms with van der Waals surface area (Å²) in [5.41, 5.74) is 10.2. The summed E-state index contributed by atoms with van der Waals surface area (Å²) in [5, 5.41) is 9.57. The Labute approximate surface area is 324 Å². The van der Waals surface area contributed by atoms with Crippen LogP contribution in [0.4, 0.5) is 0 Å². The predicted molar refractivity (Wildman–Crippen MR) is 233 cm³/mol. The van der Waals surface area contributed by atoms with Crippen molar-refractivity contribution >= 4 is 54.1 Å². The molecule has 0 atom stereocenters. The molecule has 0 aliphatic carbocycles. The third-order valence-electron chi connectivity index (χ3n) is 11.1. The zero-order chi connectivity index (χ0) is 37.2. The van der Waals surface area contributed by atoms with E-state index in [1.807, 2.05) is 6.07 Å². The van der Waals surface area contributed by atoms with Crippen molar-refractivity contribution in [1.82, 2.24) is 19.5 Å². The Morgan fingerprint density at radius 1 is 0.393 bits per heavy atom. The van der Waals surface area contributed by atoms with Crippen molar-refractivity contribution in [3.05, 3.63) is 194 Å². The summed E-state index contributed by atoms with van der Waals surface area (Å²) in [6, 6.07) is 66.8. The number of para-hydroxylation sites is 2. The second kappa shape index (κ2) is 12.9. The quantitative estimate of drug-likeness (QED) is 0.167. The van der Waals surface area contributed by atoms with Crippen molar-refractivity contribution in [3.8, 4) is 51.0 Å². The van der Waals surface area contributed by atoms with E-state index in [1.54, 1.807) is 0 Å². The molecule has 0 unspecified atom stereocenters. The molecule has 11 aromatic rings. The van der Waals surface area contributed by atoms with Crippen LogP contribution < -0.4 is 0 Å². The van der Waals surface area contributed by atoms with Gasteiger partial charge in [-0.15, -0.1) is 0 Å². The van der Waals surface area contributed by atoms with Gasteiger partial charge in [0.15, 0.2) is 5.82 Å². The number of rotatable bonds is 5. The Balaban J connectivity index is 1.14. The number of aryl methyl sites for hydroxylation is 1. The Bertz CT molecular complexity index is 3170. The van der Waals surface area contributed by atoms with E-state index in [9.17, 15) is 0 Å². The lowest BCUT2D eigenvalue weighted by atomic mass is 9.93. The van der Waals surface area contributed by atoms with Crippen LogP contribution in [-0.4, -0.2) is 19.5 Å². The van der Waals surface area contributed by atoms with Gasteiger partial charge in [-0.25, -0.2) is 15.0 Å². The summed E-state index contributed by atoms with van der Waals surface area (Å²) in [6.07, 6.45) is 0. The van der Waals surface area contributed by atoms with E-state index in [-0.39, 0.29) is 0 Å². The van der Waals surface area contributed by atoms with Crippen molar-refractivity contribution in [3.63, 3.8) is 0 Å². The van der Waals surface area contributed by atoms with E-state index in [1.165, 1.54) is 37.9 Å². The van der Waals surface area contributed by atoms with Gasteiger partial charge >= 0.3 is 0 Å². The topological polar surface area (TPSA) is 43.6 Å². The predicted octanol–water partition coefficient (Wildman–Crippen LogP) is 13.4. The summed E-state index contributed by atoms with van der Waals surface area (Å²) in [6.45, 7) is 2.11. The smallest absolute Gasteiger partial charge is 0.160 e. The molecule has 2 aromatic heterocycles. The van der Waals surface area contributed by atoms with Crippen molar-refractivity contribution in [2.24, 2.45) is 0 Å². The van der Waals surface area contributed by atoms with Crippen molar-refractivity contribution < 1.29 is 0 Å². The fourth-order valence-electron chi connectivity index (χ4n) is 8.33. The molecule has 0 saturated heterocycles. The van der Waals surface area contributed by atoms with Gasteiger partial charge in [0.05, 0.1) is 22.4 Å². The average Bonchev–Trinajstić information content (AvgIpc) is 3.66. The van der Waals surface area contributed by atoms with E-state index in [2.05, 4.69) is 193 Å². The highest BCUT2D eigenvalue weighted by atomic mass is 15.1.